The number of halogens is 1. The lowest BCUT2D eigenvalue weighted by Crippen LogP contribution is -2.64. The van der Waals surface area contributed by atoms with E-state index in [4.69, 9.17) is 51.5 Å². The first-order chi connectivity index (χ1) is 58.3. The molecule has 123 heavy (non-hydrogen) atoms. The van der Waals surface area contributed by atoms with Gasteiger partial charge in [0.2, 0.25) is 57.1 Å². The number of carboxylic acid groups (broad SMARTS) is 1. The Morgan fingerprint density at radius 2 is 1.50 bits per heavy atom. The summed E-state index contributed by atoms with van der Waals surface area (Å²) < 4.78 is 69.7. The monoisotopic (exact) mass is 1770 g/mol. The maximum atomic E-state index is 16.6. The van der Waals surface area contributed by atoms with Crippen molar-refractivity contribution in [3.05, 3.63) is 88.2 Å². The first-order valence-electron chi connectivity index (χ1n) is 42.6. The number of benzene rings is 2. The summed E-state index contributed by atoms with van der Waals surface area (Å²) in [5, 5.41) is 139. The van der Waals surface area contributed by atoms with Crippen molar-refractivity contribution >= 4 is 68.9 Å². The molecule has 0 radical (unpaired) electrons. The molecule has 7 aliphatic heterocycles. The maximum Gasteiger partial charge on any atom is 0.326 e. The van der Waals surface area contributed by atoms with Crippen molar-refractivity contribution in [2.24, 2.45) is 58.8 Å². The molecule has 7 amide bonds. The summed E-state index contributed by atoms with van der Waals surface area (Å²) >= 11 is 7.35. The van der Waals surface area contributed by atoms with E-state index in [9.17, 15) is 73.9 Å². The lowest BCUT2D eigenvalue weighted by atomic mass is 9.65. The maximum absolute atomic E-state index is 16.6. The van der Waals surface area contributed by atoms with E-state index in [1.165, 1.54) is 47.8 Å². The van der Waals surface area contributed by atoms with Gasteiger partial charge in [0.05, 0.1) is 84.2 Å². The van der Waals surface area contributed by atoms with E-state index in [0.29, 0.717) is 12.4 Å². The Balaban J connectivity index is 1.00. The van der Waals surface area contributed by atoms with Crippen LogP contribution < -0.4 is 67.6 Å². The van der Waals surface area contributed by atoms with Gasteiger partial charge in [-0.05, 0) is 144 Å². The molecule has 14 rings (SSSR count). The minimum absolute atomic E-state index is 0.00343. The predicted molar refractivity (Wildman–Crippen MR) is 439 cm³/mol. The van der Waals surface area contributed by atoms with Gasteiger partial charge >= 0.3 is 5.97 Å². The smallest absolute Gasteiger partial charge is 0.326 e. The van der Waals surface area contributed by atoms with Gasteiger partial charge in [-0.15, -0.1) is 0 Å². The molecule has 1 saturated carbocycles. The third-order valence-corrected chi connectivity index (χ3v) is 28.0. The number of aliphatic hydroxyl groups is 9. The number of likely N-dealkylation sites (N-methyl/N-ethyl adjacent to an activating group) is 1. The highest BCUT2D eigenvalue weighted by Gasteiger charge is 2.55. The number of ether oxygens (including phenoxy) is 6. The highest BCUT2D eigenvalue weighted by molar-refractivity contribution is 7.89. The minimum Gasteiger partial charge on any atom is -0.512 e. The number of amides is 7. The van der Waals surface area contributed by atoms with E-state index in [0.717, 1.165) is 19.3 Å². The van der Waals surface area contributed by atoms with Crippen LogP contribution in [0.4, 0.5) is 0 Å². The Morgan fingerprint density at radius 1 is 0.805 bits per heavy atom. The van der Waals surface area contributed by atoms with Gasteiger partial charge in [0.1, 0.15) is 72.5 Å². The van der Waals surface area contributed by atoms with Crippen molar-refractivity contribution in [2.75, 3.05) is 46.6 Å². The molecule has 21 N–H and O–H groups in total. The third-order valence-electron chi connectivity index (χ3n) is 25.8. The van der Waals surface area contributed by atoms with Gasteiger partial charge in [-0.25, -0.2) is 13.2 Å². The van der Waals surface area contributed by atoms with Crippen molar-refractivity contribution in [3.8, 4) is 23.0 Å². The van der Waals surface area contributed by atoms with Crippen LogP contribution in [0.2, 0.25) is 0 Å². The summed E-state index contributed by atoms with van der Waals surface area (Å²) in [6, 6.07) is -4.93. The number of hydrogen-bond donors (Lipinski definition) is 19. The second kappa shape index (κ2) is 39.8. The summed E-state index contributed by atoms with van der Waals surface area (Å²) in [5.41, 5.74) is 10.6. The second-order valence-corrected chi connectivity index (χ2v) is 37.7. The van der Waals surface area contributed by atoms with Crippen LogP contribution in [-0.2, 0) is 57.9 Å². The predicted octanol–water partition coefficient (Wildman–Crippen LogP) is -0.626. The first kappa shape index (κ1) is 94.0. The summed E-state index contributed by atoms with van der Waals surface area (Å²) in [4.78, 5) is 122. The fourth-order valence-electron chi connectivity index (χ4n) is 18.9. The fourth-order valence-corrected chi connectivity index (χ4v) is 20.6. The number of aliphatic carboxylic acids is 1. The van der Waals surface area contributed by atoms with Gasteiger partial charge in [0.25, 0.3) is 0 Å². The highest BCUT2D eigenvalue weighted by Crippen LogP contribution is 2.50. The number of fused-ring (bicyclic) bond motifs is 12. The van der Waals surface area contributed by atoms with Crippen LogP contribution in [0.15, 0.2) is 87.5 Å². The molecular weight excluding hydrogens is 1650 g/mol. The fraction of sp³-hybridized carbons (Fsp3) is 0.667. The van der Waals surface area contributed by atoms with E-state index in [1.54, 1.807) is 50.0 Å². The number of allylic oxidation sites excluding steroid dienone is 1. The molecule has 0 aromatic heterocycles. The van der Waals surface area contributed by atoms with E-state index in [-0.39, 0.29) is 134 Å². The van der Waals surface area contributed by atoms with Crippen LogP contribution >= 0.6 is 11.6 Å². The molecule has 680 valence electrons. The van der Waals surface area contributed by atoms with Gasteiger partial charge in [-0.3, -0.25) is 38.5 Å². The molecule has 37 nitrogen and oxygen atoms in total. The number of nitrogens with zero attached hydrogens (tertiary/aromatic N) is 2. The van der Waals surface area contributed by atoms with Crippen LogP contribution in [0.25, 0.3) is 0 Å². The summed E-state index contributed by atoms with van der Waals surface area (Å²) in [6.07, 6.45) is -13.6. The molecule has 11 bridgehead atoms. The number of rotatable bonds is 22. The largest absolute Gasteiger partial charge is 0.512 e. The Hall–Kier alpha value is -8.16. The van der Waals surface area contributed by atoms with E-state index < -0.39 is 251 Å². The number of sulfonamides is 1. The summed E-state index contributed by atoms with van der Waals surface area (Å²) in [6.45, 7) is 10.1. The van der Waals surface area contributed by atoms with Gasteiger partial charge in [0, 0.05) is 85.7 Å². The Kier molecular flexibility index (Phi) is 30.4. The van der Waals surface area contributed by atoms with Crippen LogP contribution in [0, 0.1) is 47.3 Å². The minimum atomic E-state index is -4.19. The SMILES string of the molecule is CCCCCOc1ccc(S(=O)(=O)N2CCCN(CC3=C(O)CC4C(C5=C[C@H](CC[C@H]5O)[C@H]5NC(=O)[C@@H]6NC(=O)[C@H](CC(N)=O)NC(=O)[C@H](NC(=O)[C@@H](CC(C)C)NC)[C@H](O)[C@H]7C=C[C@@H](Oc8cc6cc(c8O[C@@H]6C[C@H](CO)[C@@H](O)[C@H](O)[C@H]6O[C@H]6C[C@](C)(N)[C@H](O)[C@H](C)O6)O[C@@H]6CC[C@@H](C=C6Cl)[C@@H](O)[C@H](NC5=O)C(=O)N[C@@H]4C(=O)O)[C@H](C)C7)[C@H]3O)C2)cc1. The quantitative estimate of drug-likeness (QED) is 0.0516. The summed E-state index contributed by atoms with van der Waals surface area (Å²) in [7, 11) is -2.66. The van der Waals surface area contributed by atoms with Gasteiger partial charge < -0.3 is 128 Å². The standard InChI is InChI=1S/C84H120ClN11O26S/c1-8-9-10-24-117-46-15-17-47(18-16-46)123(115,116)96-23-11-22-95(37-96)35-50-55(99)32-49-63(72(50)104)48-27-41(12-19-54(48)98)64-79(109)94-68(82(112)92-66(49)83(113)114)70(102)43-14-21-57(51(85)28-43)120-59-30-44-29-58(74(59)121-60-31-45(36-97)71(103)73(105)75(60)122-62-34-84(6,87)76(106)40(5)118-62)119-56-20-13-42(26-39(56)4)69(101)67(93-77(107)52(88-7)25-38(2)3)81(111)89-53(33-61(86)100)78(108)90-65(44)80(110)91-64/h13,15-18,20,27-30,38-43,45,49,52-54,56-57,60,62-73,75-76,88,97-99,101-106H,8-12,14,19,21-26,31-37,87H2,1-7H3,(H2,86,100)(H,89,111)(H,90,108)(H,91,110)(H,92,112)(H,93,107)(H,94,109)(H,113,114)/t39-,40+,41+,42+,43+,45-,49?,52-,53+,54-,56-,57-,60-,62+,63?,64-,65-,66+,67-,68+,69-,70-,71-,72+,73+,75+,76-,84+/m1/s1. The normalized spacial score (nSPS) is 36.4. The average Bonchev–Trinajstić information content (AvgIpc) is 0.755. The Labute approximate surface area is 718 Å². The van der Waals surface area contributed by atoms with Crippen LogP contribution in [-0.4, -0.2) is 284 Å². The molecule has 2 aromatic carbocycles. The average molecular weight is 1770 g/mol. The van der Waals surface area contributed by atoms with Crippen LogP contribution in [0.3, 0.4) is 0 Å². The zero-order valence-corrected chi connectivity index (χ0v) is 71.5. The molecule has 5 aliphatic carbocycles. The van der Waals surface area contributed by atoms with Gasteiger partial charge in [-0.2, -0.15) is 4.31 Å². The number of nitrogens with one attached hydrogen (secondary N) is 7. The number of carboxylic acids is 1. The van der Waals surface area contributed by atoms with Crippen LogP contribution in [0.1, 0.15) is 143 Å². The molecule has 7 heterocycles. The number of primary amides is 1. The third kappa shape index (κ3) is 21.1. The number of hydrogen-bond acceptors (Lipinski definition) is 28. The van der Waals surface area contributed by atoms with Gasteiger partial charge in [0.15, 0.2) is 17.8 Å². The number of unbranched alkanes of at least 4 members (excludes halogenated alkanes) is 2. The lowest BCUT2D eigenvalue weighted by Gasteiger charge is -2.47. The Morgan fingerprint density at radius 3 is 2.16 bits per heavy atom. The first-order valence-corrected chi connectivity index (χ1v) is 44.4. The zero-order valence-electron chi connectivity index (χ0n) is 69.9. The topological polar surface area (TPSA) is 571 Å². The van der Waals surface area contributed by atoms with Crippen molar-refractivity contribution < 1.29 is 126 Å². The molecule has 0 spiro atoms. The highest BCUT2D eigenvalue weighted by atomic mass is 35.5. The van der Waals surface area contributed by atoms with E-state index in [2.05, 4.69) is 44.1 Å². The zero-order chi connectivity index (χ0) is 89.1. The number of nitrogens with two attached hydrogens (primary N) is 2. The number of carbonyl (C=O) groups excluding carboxylic acids is 7. The molecule has 39 heteroatoms. The molecule has 2 unspecified atom stereocenters. The molecule has 12 aliphatic rings. The molecular formula is C84H120ClN11O26S. The van der Waals surface area contributed by atoms with E-state index >= 15 is 24.0 Å². The second-order valence-electron chi connectivity index (χ2n) is 35.3. The van der Waals surface area contributed by atoms with Crippen molar-refractivity contribution in [3.63, 3.8) is 0 Å². The van der Waals surface area contributed by atoms with Crippen molar-refractivity contribution in [1.29, 1.82) is 0 Å². The lowest BCUT2D eigenvalue weighted by molar-refractivity contribution is -0.286. The van der Waals surface area contributed by atoms with Gasteiger partial charge in [-0.1, -0.05) is 70.4 Å². The Bertz CT molecular complexity index is 4440. The molecule has 2 saturated heterocycles. The summed E-state index contributed by atoms with van der Waals surface area (Å²) in [5.74, 6) is -19.8. The van der Waals surface area contributed by atoms with Crippen molar-refractivity contribution in [2.45, 2.75) is 264 Å². The molecule has 28 atom stereocenters. The number of carbonyl (C=O) groups is 8. The molecule has 3 fully saturated rings. The number of aliphatic hydroxyl groups excluding tert-OH is 9. The van der Waals surface area contributed by atoms with Crippen LogP contribution in [0.5, 0.6) is 23.0 Å². The molecule has 2 aromatic rings. The van der Waals surface area contributed by atoms with E-state index in [1.807, 2.05) is 13.8 Å². The van der Waals surface area contributed by atoms with Crippen molar-refractivity contribution in [1.82, 2.24) is 46.4 Å².